The molecule has 1 aliphatic rings. The minimum atomic E-state index is -3.63. The first kappa shape index (κ1) is 18.2. The van der Waals surface area contributed by atoms with Gasteiger partial charge in [-0.15, -0.1) is 0 Å². The minimum absolute atomic E-state index is 0.211. The van der Waals surface area contributed by atoms with E-state index in [2.05, 4.69) is 28.7 Å². The normalized spacial score (nSPS) is 21.1. The van der Waals surface area contributed by atoms with Gasteiger partial charge in [0.05, 0.1) is 7.11 Å². The summed E-state index contributed by atoms with van der Waals surface area (Å²) in [6.07, 6.45) is 3.28. The number of methoxy groups -OCH3 is 1. The van der Waals surface area contributed by atoms with Crippen molar-refractivity contribution in [3.05, 3.63) is 29.8 Å². The zero-order chi connectivity index (χ0) is 16.9. The van der Waals surface area contributed by atoms with E-state index >= 15 is 0 Å². The number of likely N-dealkylation sites (tertiary alicyclic amines) is 1. The highest BCUT2D eigenvalue weighted by Gasteiger charge is 2.25. The largest absolute Gasteiger partial charge is 0.497 e. The number of nitrogens with one attached hydrogen (secondary N) is 1. The highest BCUT2D eigenvalue weighted by molar-refractivity contribution is 7.87. The van der Waals surface area contributed by atoms with Crippen LogP contribution in [-0.4, -0.2) is 46.1 Å². The van der Waals surface area contributed by atoms with Crippen molar-refractivity contribution >= 4 is 10.2 Å². The van der Waals surface area contributed by atoms with Gasteiger partial charge in [0.1, 0.15) is 5.75 Å². The molecule has 2 atom stereocenters. The van der Waals surface area contributed by atoms with Crippen LogP contribution in [0.3, 0.4) is 0 Å². The van der Waals surface area contributed by atoms with Gasteiger partial charge in [-0.25, -0.2) is 9.86 Å². The highest BCUT2D eigenvalue weighted by atomic mass is 32.2. The fourth-order valence-electron chi connectivity index (χ4n) is 3.13. The molecule has 1 aromatic carbocycles. The molecule has 0 amide bonds. The Morgan fingerprint density at radius 1 is 1.35 bits per heavy atom. The van der Waals surface area contributed by atoms with Gasteiger partial charge in [0, 0.05) is 19.1 Å². The summed E-state index contributed by atoms with van der Waals surface area (Å²) in [6, 6.07) is 8.34. The average molecular weight is 341 g/mol. The molecule has 7 heteroatoms. The van der Waals surface area contributed by atoms with Gasteiger partial charge in [-0.1, -0.05) is 25.5 Å². The number of rotatable bonds is 7. The van der Waals surface area contributed by atoms with E-state index in [9.17, 15) is 8.42 Å². The molecule has 1 saturated heterocycles. The summed E-state index contributed by atoms with van der Waals surface area (Å²) < 4.78 is 29.9. The van der Waals surface area contributed by atoms with Gasteiger partial charge in [0.25, 0.3) is 10.2 Å². The van der Waals surface area contributed by atoms with Crippen molar-refractivity contribution in [3.63, 3.8) is 0 Å². The Labute approximate surface area is 139 Å². The van der Waals surface area contributed by atoms with Gasteiger partial charge in [-0.2, -0.15) is 8.42 Å². The molecular formula is C16H27N3O3S. The van der Waals surface area contributed by atoms with E-state index in [1.54, 1.807) is 7.11 Å². The van der Waals surface area contributed by atoms with Crippen molar-refractivity contribution in [2.24, 2.45) is 5.14 Å². The molecule has 1 aliphatic heterocycles. The molecule has 0 saturated carbocycles. The van der Waals surface area contributed by atoms with Crippen molar-refractivity contribution in [1.82, 2.24) is 9.62 Å². The smallest absolute Gasteiger partial charge is 0.274 e. The predicted octanol–water partition coefficient (Wildman–Crippen LogP) is 1.45. The number of nitrogens with zero attached hydrogens (tertiary/aromatic N) is 1. The molecule has 0 bridgehead atoms. The maximum absolute atomic E-state index is 11.1. The van der Waals surface area contributed by atoms with Crippen LogP contribution < -0.4 is 14.6 Å². The monoisotopic (exact) mass is 341 g/mol. The summed E-state index contributed by atoms with van der Waals surface area (Å²) in [4.78, 5) is 2.37. The summed E-state index contributed by atoms with van der Waals surface area (Å²) in [7, 11) is -1.96. The molecule has 1 aromatic rings. The molecule has 0 aromatic heterocycles. The first-order valence-corrected chi connectivity index (χ1v) is 9.59. The van der Waals surface area contributed by atoms with Crippen LogP contribution in [0.5, 0.6) is 5.75 Å². The molecule has 0 radical (unpaired) electrons. The van der Waals surface area contributed by atoms with Gasteiger partial charge in [-0.05, 0) is 43.0 Å². The van der Waals surface area contributed by atoms with Gasteiger partial charge in [-0.3, -0.25) is 4.90 Å². The Hall–Kier alpha value is -1.15. The van der Waals surface area contributed by atoms with E-state index in [1.807, 2.05) is 12.1 Å². The van der Waals surface area contributed by atoms with Crippen molar-refractivity contribution in [2.75, 3.05) is 26.7 Å². The van der Waals surface area contributed by atoms with E-state index in [0.717, 1.165) is 38.1 Å². The SMILES string of the molecule is COc1ccc(C(C)CN2CCCCC2CNS(N)(=O)=O)cc1. The maximum Gasteiger partial charge on any atom is 0.274 e. The van der Waals surface area contributed by atoms with E-state index in [-0.39, 0.29) is 6.04 Å². The summed E-state index contributed by atoms with van der Waals surface area (Å²) in [5, 5.41) is 5.05. The second kappa shape index (κ2) is 8.10. The van der Waals surface area contributed by atoms with Gasteiger partial charge in [0.2, 0.25) is 0 Å². The third kappa shape index (κ3) is 5.76. The van der Waals surface area contributed by atoms with E-state index in [0.29, 0.717) is 12.5 Å². The van der Waals surface area contributed by atoms with Crippen LogP contribution in [0, 0.1) is 0 Å². The lowest BCUT2D eigenvalue weighted by atomic mass is 9.96. The molecular weight excluding hydrogens is 314 g/mol. The van der Waals surface area contributed by atoms with Crippen LogP contribution in [0.15, 0.2) is 24.3 Å². The summed E-state index contributed by atoms with van der Waals surface area (Å²) in [5.74, 6) is 1.23. The van der Waals surface area contributed by atoms with Crippen LogP contribution >= 0.6 is 0 Å². The van der Waals surface area contributed by atoms with Crippen molar-refractivity contribution in [2.45, 2.75) is 38.1 Å². The van der Waals surface area contributed by atoms with Crippen molar-refractivity contribution in [1.29, 1.82) is 0 Å². The third-order valence-corrected chi connectivity index (χ3v) is 5.03. The van der Waals surface area contributed by atoms with Crippen LogP contribution in [0.2, 0.25) is 0 Å². The van der Waals surface area contributed by atoms with Crippen LogP contribution in [0.4, 0.5) is 0 Å². The molecule has 2 rings (SSSR count). The Balaban J connectivity index is 1.96. The van der Waals surface area contributed by atoms with E-state index < -0.39 is 10.2 Å². The van der Waals surface area contributed by atoms with Gasteiger partial charge in [0.15, 0.2) is 0 Å². The van der Waals surface area contributed by atoms with Crippen molar-refractivity contribution < 1.29 is 13.2 Å². The molecule has 0 spiro atoms. The van der Waals surface area contributed by atoms with Crippen LogP contribution in [0.25, 0.3) is 0 Å². The molecule has 130 valence electrons. The first-order chi connectivity index (χ1) is 10.9. The fraction of sp³-hybridized carbons (Fsp3) is 0.625. The van der Waals surface area contributed by atoms with Gasteiger partial charge >= 0.3 is 0 Å². The molecule has 6 nitrogen and oxygen atoms in total. The number of hydrogen-bond donors (Lipinski definition) is 2. The Kier molecular flexibility index (Phi) is 6.41. The molecule has 0 aliphatic carbocycles. The average Bonchev–Trinajstić information content (AvgIpc) is 2.53. The van der Waals surface area contributed by atoms with Crippen LogP contribution in [-0.2, 0) is 10.2 Å². The number of benzene rings is 1. The van der Waals surface area contributed by atoms with Gasteiger partial charge < -0.3 is 4.74 Å². The minimum Gasteiger partial charge on any atom is -0.497 e. The van der Waals surface area contributed by atoms with E-state index in [4.69, 9.17) is 9.88 Å². The second-order valence-corrected chi connectivity index (χ2v) is 7.59. The summed E-state index contributed by atoms with van der Waals surface area (Å²) in [6.45, 7) is 4.48. The topological polar surface area (TPSA) is 84.7 Å². The summed E-state index contributed by atoms with van der Waals surface area (Å²) >= 11 is 0. The van der Waals surface area contributed by atoms with E-state index in [1.165, 1.54) is 5.56 Å². The molecule has 2 unspecified atom stereocenters. The molecule has 1 heterocycles. The zero-order valence-corrected chi connectivity index (χ0v) is 14.7. The lowest BCUT2D eigenvalue weighted by Gasteiger charge is -2.37. The molecule has 23 heavy (non-hydrogen) atoms. The highest BCUT2D eigenvalue weighted by Crippen LogP contribution is 2.24. The third-order valence-electron chi connectivity index (χ3n) is 4.46. The lowest BCUT2D eigenvalue weighted by molar-refractivity contribution is 0.143. The Morgan fingerprint density at radius 3 is 2.65 bits per heavy atom. The predicted molar refractivity (Wildman–Crippen MR) is 91.7 cm³/mol. The van der Waals surface area contributed by atoms with Crippen LogP contribution in [0.1, 0.15) is 37.7 Å². The molecule has 1 fully saturated rings. The molecule has 3 N–H and O–H groups in total. The fourth-order valence-corrected chi connectivity index (χ4v) is 3.56. The maximum atomic E-state index is 11.1. The Morgan fingerprint density at radius 2 is 2.04 bits per heavy atom. The van der Waals surface area contributed by atoms with Crippen molar-refractivity contribution in [3.8, 4) is 5.75 Å². The first-order valence-electron chi connectivity index (χ1n) is 8.04. The number of ether oxygens (including phenoxy) is 1. The zero-order valence-electron chi connectivity index (χ0n) is 13.9. The number of hydrogen-bond acceptors (Lipinski definition) is 4. The number of piperidine rings is 1. The standard InChI is InChI=1S/C16H27N3O3S/c1-13(14-6-8-16(22-2)9-7-14)12-19-10-4-3-5-15(19)11-18-23(17,20)21/h6-9,13,15,18H,3-5,10-12H2,1-2H3,(H2,17,20,21). The number of nitrogens with two attached hydrogens (primary N) is 1. The quantitative estimate of drug-likeness (QED) is 0.786. The second-order valence-electron chi connectivity index (χ2n) is 6.21. The Bertz CT molecular complexity index is 589. The summed E-state index contributed by atoms with van der Waals surface area (Å²) in [5.41, 5.74) is 1.26. The lowest BCUT2D eigenvalue weighted by Crippen LogP contribution is -2.48.